The largest absolute Gasteiger partial charge is 0.369 e. The molecule has 0 spiro atoms. The summed E-state index contributed by atoms with van der Waals surface area (Å²) in [5.74, 6) is -0.357. The maximum absolute atomic E-state index is 11.7. The number of hydrogen-bond acceptors (Lipinski definition) is 5. The number of carbonyl (C=O) groups excluding carboxylic acids is 2. The van der Waals surface area contributed by atoms with Crippen LogP contribution in [0.25, 0.3) is 6.08 Å². The molecule has 5 nitrogen and oxygen atoms in total. The molecule has 2 aliphatic rings. The molecule has 1 aromatic rings. The van der Waals surface area contributed by atoms with Crippen LogP contribution in [0.5, 0.6) is 0 Å². The molecule has 0 unspecified atom stereocenters. The van der Waals surface area contributed by atoms with E-state index in [1.165, 1.54) is 0 Å². The maximum atomic E-state index is 11.7. The first-order valence-corrected chi connectivity index (χ1v) is 7.77. The normalized spacial score (nSPS) is 22.9. The number of anilines is 1. The van der Waals surface area contributed by atoms with Gasteiger partial charge >= 0.3 is 0 Å². The predicted octanol–water partition coefficient (Wildman–Crippen LogP) is 2.62. The van der Waals surface area contributed by atoms with Crippen LogP contribution >= 0.6 is 35.8 Å². The Morgan fingerprint density at radius 2 is 2.18 bits per heavy atom. The van der Waals surface area contributed by atoms with Crippen LogP contribution in [0.4, 0.5) is 10.5 Å². The molecule has 2 aliphatic heterocycles. The molecule has 1 atom stereocenters. The molecule has 3 N–H and O–H groups in total. The molecule has 0 bridgehead atoms. The van der Waals surface area contributed by atoms with Gasteiger partial charge in [0.1, 0.15) is 0 Å². The fourth-order valence-electron chi connectivity index (χ4n) is 2.48. The summed E-state index contributed by atoms with van der Waals surface area (Å²) < 4.78 is 0. The number of carbonyl (C=O) groups is 2. The number of nitrogens with two attached hydrogens (primary N) is 1. The van der Waals surface area contributed by atoms with Crippen molar-refractivity contribution in [2.24, 2.45) is 5.73 Å². The highest BCUT2D eigenvalue weighted by Crippen LogP contribution is 2.32. The molecule has 2 amide bonds. The lowest BCUT2D eigenvalue weighted by molar-refractivity contribution is -0.115. The first-order valence-electron chi connectivity index (χ1n) is 6.58. The van der Waals surface area contributed by atoms with Crippen molar-refractivity contribution in [3.8, 4) is 0 Å². The Hall–Kier alpha value is -1.21. The zero-order valence-corrected chi connectivity index (χ0v) is 13.9. The van der Waals surface area contributed by atoms with E-state index in [4.69, 9.17) is 17.3 Å². The second-order valence-electron chi connectivity index (χ2n) is 5.05. The van der Waals surface area contributed by atoms with Crippen LogP contribution < -0.4 is 16.0 Å². The molecule has 0 aromatic heterocycles. The van der Waals surface area contributed by atoms with E-state index in [0.717, 1.165) is 42.5 Å². The minimum atomic E-state index is -0.357. The Bertz CT molecular complexity index is 651. The summed E-state index contributed by atoms with van der Waals surface area (Å²) >= 11 is 6.99. The van der Waals surface area contributed by atoms with Gasteiger partial charge in [-0.25, -0.2) is 0 Å². The van der Waals surface area contributed by atoms with Crippen LogP contribution in [-0.2, 0) is 4.79 Å². The molecule has 22 heavy (non-hydrogen) atoms. The van der Waals surface area contributed by atoms with E-state index < -0.39 is 0 Å². The topological polar surface area (TPSA) is 75.4 Å². The molecule has 0 aliphatic carbocycles. The van der Waals surface area contributed by atoms with Gasteiger partial charge in [0.25, 0.3) is 11.1 Å². The molecule has 0 radical (unpaired) electrons. The second kappa shape index (κ2) is 6.91. The summed E-state index contributed by atoms with van der Waals surface area (Å²) in [6, 6.07) is 5.64. The van der Waals surface area contributed by atoms with Gasteiger partial charge in [-0.15, -0.1) is 12.4 Å². The smallest absolute Gasteiger partial charge is 0.290 e. The number of benzene rings is 1. The highest BCUT2D eigenvalue weighted by molar-refractivity contribution is 8.18. The third kappa shape index (κ3) is 3.57. The van der Waals surface area contributed by atoms with Crippen molar-refractivity contribution in [1.82, 2.24) is 5.32 Å². The molecule has 3 rings (SSSR count). The Morgan fingerprint density at radius 3 is 2.77 bits per heavy atom. The lowest BCUT2D eigenvalue weighted by Crippen LogP contribution is -2.26. The molecule has 2 fully saturated rings. The van der Waals surface area contributed by atoms with E-state index in [1.54, 1.807) is 12.1 Å². The monoisotopic (exact) mass is 359 g/mol. The average Bonchev–Trinajstić information content (AvgIpc) is 2.98. The van der Waals surface area contributed by atoms with Crippen molar-refractivity contribution in [3.63, 3.8) is 0 Å². The zero-order chi connectivity index (χ0) is 15.0. The quantitative estimate of drug-likeness (QED) is 0.793. The second-order valence-corrected chi connectivity index (χ2v) is 6.50. The van der Waals surface area contributed by atoms with Gasteiger partial charge in [-0.1, -0.05) is 17.7 Å². The molecule has 2 heterocycles. The summed E-state index contributed by atoms with van der Waals surface area (Å²) in [5.41, 5.74) is 7.75. The fourth-order valence-corrected chi connectivity index (χ4v) is 3.32. The van der Waals surface area contributed by atoms with Crippen LogP contribution in [0.1, 0.15) is 12.0 Å². The van der Waals surface area contributed by atoms with Crippen LogP contribution in [0.15, 0.2) is 23.1 Å². The van der Waals surface area contributed by atoms with Gasteiger partial charge in [0.2, 0.25) is 0 Å². The first-order chi connectivity index (χ1) is 10.0. The number of halogens is 2. The number of nitrogens with one attached hydrogen (secondary N) is 1. The predicted molar refractivity (Wildman–Crippen MR) is 92.6 cm³/mol. The van der Waals surface area contributed by atoms with Crippen molar-refractivity contribution >= 4 is 58.7 Å². The van der Waals surface area contributed by atoms with E-state index in [9.17, 15) is 9.59 Å². The minimum Gasteiger partial charge on any atom is -0.369 e. The van der Waals surface area contributed by atoms with Crippen molar-refractivity contribution in [2.75, 3.05) is 18.0 Å². The van der Waals surface area contributed by atoms with Gasteiger partial charge in [0, 0.05) is 29.8 Å². The van der Waals surface area contributed by atoms with E-state index in [2.05, 4.69) is 10.2 Å². The van der Waals surface area contributed by atoms with Crippen molar-refractivity contribution in [2.45, 2.75) is 12.5 Å². The summed E-state index contributed by atoms with van der Waals surface area (Å²) in [6.07, 6.45) is 2.65. The third-order valence-corrected chi connectivity index (χ3v) is 4.53. The van der Waals surface area contributed by atoms with E-state index in [0.29, 0.717) is 9.93 Å². The number of rotatable bonds is 2. The number of amides is 2. The van der Waals surface area contributed by atoms with Gasteiger partial charge in [0.15, 0.2) is 0 Å². The van der Waals surface area contributed by atoms with Crippen molar-refractivity contribution in [1.29, 1.82) is 0 Å². The minimum absolute atomic E-state index is 0. The van der Waals surface area contributed by atoms with Crippen molar-refractivity contribution in [3.05, 3.63) is 33.7 Å². The summed E-state index contributed by atoms with van der Waals surface area (Å²) in [7, 11) is 0. The molecule has 118 valence electrons. The maximum Gasteiger partial charge on any atom is 0.290 e. The Labute approximate surface area is 143 Å². The third-order valence-electron chi connectivity index (χ3n) is 3.49. The lowest BCUT2D eigenvalue weighted by Gasteiger charge is -2.21. The van der Waals surface area contributed by atoms with Gasteiger partial charge in [-0.2, -0.15) is 0 Å². The molecule has 8 heteroatoms. The number of nitrogens with zero attached hydrogens (tertiary/aromatic N) is 1. The molecular formula is C14H15Cl2N3O2S. The fraction of sp³-hybridized carbons (Fsp3) is 0.286. The average molecular weight is 360 g/mol. The Morgan fingerprint density at radius 1 is 1.41 bits per heavy atom. The van der Waals surface area contributed by atoms with Gasteiger partial charge in [-0.05, 0) is 42.0 Å². The highest BCUT2D eigenvalue weighted by atomic mass is 35.5. The van der Waals surface area contributed by atoms with Crippen LogP contribution in [-0.4, -0.2) is 30.3 Å². The highest BCUT2D eigenvalue weighted by Gasteiger charge is 2.26. The lowest BCUT2D eigenvalue weighted by atomic mass is 10.1. The standard InChI is InChI=1S/C14H14ClN3O2S.ClH/c15-9-2-1-8(5-12-13(19)17-14(20)21-12)11(6-9)18-4-3-10(16)7-18;/h1-2,5-6,10H,3-4,7,16H2,(H,17,19,20);1H/t10-;/m0./s1. The van der Waals surface area contributed by atoms with E-state index in [-0.39, 0.29) is 29.6 Å². The molecule has 1 aromatic carbocycles. The van der Waals surface area contributed by atoms with Gasteiger partial charge < -0.3 is 10.6 Å². The number of imide groups is 1. The van der Waals surface area contributed by atoms with E-state index in [1.807, 2.05) is 12.1 Å². The zero-order valence-electron chi connectivity index (χ0n) is 11.5. The van der Waals surface area contributed by atoms with Crippen molar-refractivity contribution < 1.29 is 9.59 Å². The van der Waals surface area contributed by atoms with Crippen LogP contribution in [0, 0.1) is 0 Å². The molecule has 2 saturated heterocycles. The summed E-state index contributed by atoms with van der Waals surface area (Å²) in [6.45, 7) is 1.62. The Balaban J connectivity index is 0.00000176. The number of hydrogen-bond donors (Lipinski definition) is 2. The van der Waals surface area contributed by atoms with Crippen LogP contribution in [0.3, 0.4) is 0 Å². The Kier molecular flexibility index (Phi) is 5.39. The SMILES string of the molecule is Cl.N[C@H]1CCN(c2cc(Cl)ccc2C=C2SC(=O)NC2=O)C1. The molecular weight excluding hydrogens is 345 g/mol. The first kappa shape index (κ1) is 17.1. The summed E-state index contributed by atoms with van der Waals surface area (Å²) in [4.78, 5) is 25.4. The van der Waals surface area contributed by atoms with Gasteiger partial charge in [-0.3, -0.25) is 14.9 Å². The number of thioether (sulfide) groups is 1. The van der Waals surface area contributed by atoms with Gasteiger partial charge in [0.05, 0.1) is 4.91 Å². The van der Waals surface area contributed by atoms with E-state index >= 15 is 0 Å². The van der Waals surface area contributed by atoms with Crippen LogP contribution in [0.2, 0.25) is 5.02 Å². The summed E-state index contributed by atoms with van der Waals surface area (Å²) in [5, 5.41) is 2.54. The molecule has 0 saturated carbocycles.